The molecule has 0 rings (SSSR count). The molecule has 0 aromatic carbocycles. The summed E-state index contributed by atoms with van der Waals surface area (Å²) in [5.41, 5.74) is 0. The van der Waals surface area contributed by atoms with Crippen molar-refractivity contribution in [3.8, 4) is 35.5 Å². The van der Waals surface area contributed by atoms with Crippen LogP contribution in [0.5, 0.6) is 0 Å². The second kappa shape index (κ2) is 12.1. The van der Waals surface area contributed by atoms with E-state index in [9.17, 15) is 4.79 Å². The molecule has 0 aliphatic rings. The zero-order chi connectivity index (χ0) is 14.3. The molecule has 1 atom stereocenters. The number of aliphatic hydroxyl groups is 1. The maximum absolute atomic E-state index is 10.8. The van der Waals surface area contributed by atoms with Crippen LogP contribution in [0.2, 0.25) is 0 Å². The number of aliphatic hydroxyl groups excluding tert-OH is 1. The number of rotatable bonds is 5. The van der Waals surface area contributed by atoms with Gasteiger partial charge in [0, 0.05) is 20.0 Å². The summed E-state index contributed by atoms with van der Waals surface area (Å²) in [6, 6.07) is 0. The van der Waals surface area contributed by atoms with E-state index in [1.54, 1.807) is 31.2 Å². The highest BCUT2D eigenvalue weighted by Crippen LogP contribution is 2.00. The largest absolute Gasteiger partial charge is 0.458 e. The maximum atomic E-state index is 10.8. The second-order valence-electron chi connectivity index (χ2n) is 3.30. The minimum atomic E-state index is -0.417. The van der Waals surface area contributed by atoms with Crippen LogP contribution in [0.1, 0.15) is 20.3 Å². The van der Waals surface area contributed by atoms with Gasteiger partial charge in [0.2, 0.25) is 0 Å². The monoisotopic (exact) mass is 256 g/mol. The molecule has 0 bridgehead atoms. The Morgan fingerprint density at radius 2 is 2.00 bits per heavy atom. The minimum Gasteiger partial charge on any atom is -0.458 e. The van der Waals surface area contributed by atoms with Gasteiger partial charge in [-0.3, -0.25) is 4.79 Å². The van der Waals surface area contributed by atoms with Crippen molar-refractivity contribution in [2.24, 2.45) is 0 Å². The molecule has 0 aliphatic carbocycles. The third-order valence-electron chi connectivity index (χ3n) is 1.73. The lowest BCUT2D eigenvalue weighted by atomic mass is 10.2. The Bertz CT molecular complexity index is 507. The zero-order valence-corrected chi connectivity index (χ0v) is 11.1. The van der Waals surface area contributed by atoms with Crippen LogP contribution in [0.15, 0.2) is 24.3 Å². The average molecular weight is 256 g/mol. The molecule has 0 spiro atoms. The number of hydrogen-bond donors (Lipinski definition) is 1. The van der Waals surface area contributed by atoms with E-state index >= 15 is 0 Å². The Morgan fingerprint density at radius 3 is 2.63 bits per heavy atom. The van der Waals surface area contributed by atoms with Gasteiger partial charge in [-0.05, 0) is 42.8 Å². The Labute approximate surface area is 114 Å². The molecular weight excluding hydrogens is 240 g/mol. The molecule has 0 aliphatic heterocycles. The van der Waals surface area contributed by atoms with Crippen LogP contribution in [0.25, 0.3) is 0 Å². The highest BCUT2D eigenvalue weighted by atomic mass is 16.5. The number of esters is 1. The minimum absolute atomic E-state index is 0.0418. The summed E-state index contributed by atoms with van der Waals surface area (Å²) in [6.07, 6.45) is 6.67. The van der Waals surface area contributed by atoms with Crippen LogP contribution in [0.3, 0.4) is 0 Å². The fourth-order valence-electron chi connectivity index (χ4n) is 1.03. The first kappa shape index (κ1) is 16.6. The predicted octanol–water partition coefficient (Wildman–Crippen LogP) is 1.44. The second-order valence-corrected chi connectivity index (χ2v) is 3.30. The van der Waals surface area contributed by atoms with Crippen LogP contribution < -0.4 is 0 Å². The molecule has 0 saturated carbocycles. The summed E-state index contributed by atoms with van der Waals surface area (Å²) in [5, 5.41) is 8.80. The summed E-state index contributed by atoms with van der Waals surface area (Å²) in [6.45, 7) is 3.00. The first-order chi connectivity index (χ1) is 9.20. The van der Waals surface area contributed by atoms with E-state index in [0.717, 1.165) is 0 Å². The van der Waals surface area contributed by atoms with Crippen molar-refractivity contribution in [3.05, 3.63) is 24.3 Å². The molecule has 3 nitrogen and oxygen atoms in total. The Hall–Kier alpha value is -2.41. The van der Waals surface area contributed by atoms with Gasteiger partial charge in [0.1, 0.15) is 6.10 Å². The smallest absolute Gasteiger partial charge is 0.303 e. The molecule has 3 heteroatoms. The van der Waals surface area contributed by atoms with Gasteiger partial charge < -0.3 is 9.84 Å². The SMILES string of the molecule is CC#CC#CC#CC=CC=CC(CCO)OC(C)=O. The first-order valence-electron chi connectivity index (χ1n) is 5.74. The highest BCUT2D eigenvalue weighted by molar-refractivity contribution is 5.66. The van der Waals surface area contributed by atoms with E-state index in [4.69, 9.17) is 9.84 Å². The molecule has 0 fully saturated rings. The van der Waals surface area contributed by atoms with E-state index in [1.165, 1.54) is 6.92 Å². The Balaban J connectivity index is 4.26. The number of carbonyl (C=O) groups excluding carboxylic acids is 1. The van der Waals surface area contributed by atoms with Crippen molar-refractivity contribution >= 4 is 5.97 Å². The molecule has 1 N–H and O–H groups in total. The van der Waals surface area contributed by atoms with E-state index in [1.807, 2.05) is 0 Å². The number of ether oxygens (including phenoxy) is 1. The number of carbonyl (C=O) groups is 1. The quantitative estimate of drug-likeness (QED) is 0.460. The molecule has 1 unspecified atom stereocenters. The van der Waals surface area contributed by atoms with Crippen LogP contribution in [-0.4, -0.2) is 23.8 Å². The van der Waals surface area contributed by atoms with Crippen molar-refractivity contribution < 1.29 is 14.6 Å². The Kier molecular flexibility index (Phi) is 10.5. The number of hydrogen-bond acceptors (Lipinski definition) is 3. The fourth-order valence-corrected chi connectivity index (χ4v) is 1.03. The molecule has 98 valence electrons. The first-order valence-corrected chi connectivity index (χ1v) is 5.74. The van der Waals surface area contributed by atoms with Crippen molar-refractivity contribution in [1.29, 1.82) is 0 Å². The molecular formula is C16H16O3. The van der Waals surface area contributed by atoms with Crippen molar-refractivity contribution in [3.63, 3.8) is 0 Å². The van der Waals surface area contributed by atoms with Crippen LogP contribution in [-0.2, 0) is 9.53 Å². The van der Waals surface area contributed by atoms with Gasteiger partial charge >= 0.3 is 5.97 Å². The van der Waals surface area contributed by atoms with Crippen LogP contribution >= 0.6 is 0 Å². The van der Waals surface area contributed by atoms with Crippen molar-refractivity contribution in [1.82, 2.24) is 0 Å². The highest BCUT2D eigenvalue weighted by Gasteiger charge is 2.05. The summed E-state index contributed by atoms with van der Waals surface area (Å²) in [5.74, 6) is 15.3. The molecule has 19 heavy (non-hydrogen) atoms. The van der Waals surface area contributed by atoms with E-state index in [2.05, 4.69) is 35.5 Å². The summed E-state index contributed by atoms with van der Waals surface area (Å²) >= 11 is 0. The van der Waals surface area contributed by atoms with E-state index in [0.29, 0.717) is 6.42 Å². The van der Waals surface area contributed by atoms with Crippen molar-refractivity contribution in [2.75, 3.05) is 6.61 Å². The topological polar surface area (TPSA) is 46.5 Å². The predicted molar refractivity (Wildman–Crippen MR) is 74.5 cm³/mol. The summed E-state index contributed by atoms with van der Waals surface area (Å²) < 4.78 is 4.97. The lowest BCUT2D eigenvalue weighted by Crippen LogP contribution is -2.14. The molecule has 0 aromatic heterocycles. The normalized spacial score (nSPS) is 10.7. The number of allylic oxidation sites excluding steroid dienone is 3. The van der Waals surface area contributed by atoms with Gasteiger partial charge in [-0.15, -0.1) is 0 Å². The zero-order valence-electron chi connectivity index (χ0n) is 11.1. The van der Waals surface area contributed by atoms with E-state index in [-0.39, 0.29) is 12.6 Å². The van der Waals surface area contributed by atoms with Crippen LogP contribution in [0, 0.1) is 35.5 Å². The van der Waals surface area contributed by atoms with Gasteiger partial charge in [0.05, 0.1) is 0 Å². The molecule has 0 amide bonds. The van der Waals surface area contributed by atoms with Gasteiger partial charge in [-0.2, -0.15) is 0 Å². The van der Waals surface area contributed by atoms with Crippen LogP contribution in [0.4, 0.5) is 0 Å². The standard InChI is InChI=1S/C16H16O3/c1-3-4-5-6-7-8-9-10-11-12-16(13-14-17)19-15(2)18/h9-12,16-17H,13-14H2,1-2H3. The Morgan fingerprint density at radius 1 is 1.26 bits per heavy atom. The van der Waals surface area contributed by atoms with Crippen molar-refractivity contribution in [2.45, 2.75) is 26.4 Å². The van der Waals surface area contributed by atoms with Gasteiger partial charge in [-0.1, -0.05) is 24.0 Å². The molecule has 0 aromatic rings. The average Bonchev–Trinajstić information content (AvgIpc) is 2.36. The molecule has 0 radical (unpaired) electrons. The van der Waals surface area contributed by atoms with Gasteiger partial charge in [-0.25, -0.2) is 0 Å². The maximum Gasteiger partial charge on any atom is 0.303 e. The third kappa shape index (κ3) is 11.8. The lowest BCUT2D eigenvalue weighted by molar-refractivity contribution is -0.144. The fraction of sp³-hybridized carbons (Fsp3) is 0.312. The van der Waals surface area contributed by atoms with Gasteiger partial charge in [0.25, 0.3) is 0 Å². The summed E-state index contributed by atoms with van der Waals surface area (Å²) in [4.78, 5) is 10.8. The van der Waals surface area contributed by atoms with Gasteiger partial charge in [0.15, 0.2) is 0 Å². The molecule has 0 heterocycles. The summed E-state index contributed by atoms with van der Waals surface area (Å²) in [7, 11) is 0. The lowest BCUT2D eigenvalue weighted by Gasteiger charge is -2.10. The van der Waals surface area contributed by atoms with E-state index < -0.39 is 6.10 Å². The third-order valence-corrected chi connectivity index (χ3v) is 1.73. The molecule has 0 saturated heterocycles.